The Bertz CT molecular complexity index is 1430. The molecule has 0 saturated carbocycles. The molecule has 5 rings (SSSR count). The number of thiophene rings is 1. The second kappa shape index (κ2) is 9.80. The molecule has 8 nitrogen and oxygen atoms in total. The highest BCUT2D eigenvalue weighted by molar-refractivity contribution is 7.92. The fourth-order valence-electron chi connectivity index (χ4n) is 4.26. The molecule has 4 aromatic rings. The molecule has 10 heteroatoms. The number of aromatic nitrogens is 2. The second-order valence-corrected chi connectivity index (χ2v) is 11.3. The molecule has 0 bridgehead atoms. The third kappa shape index (κ3) is 5.55. The van der Waals surface area contributed by atoms with Crippen LogP contribution in [0.25, 0.3) is 21.3 Å². The molecule has 0 unspecified atom stereocenters. The van der Waals surface area contributed by atoms with Crippen molar-refractivity contribution in [3.63, 3.8) is 0 Å². The first-order valence-electron chi connectivity index (χ1n) is 11.5. The van der Waals surface area contributed by atoms with Gasteiger partial charge in [-0.15, -0.1) is 11.3 Å². The van der Waals surface area contributed by atoms with Gasteiger partial charge in [0.05, 0.1) is 22.7 Å². The van der Waals surface area contributed by atoms with Gasteiger partial charge in [0, 0.05) is 54.2 Å². The Labute approximate surface area is 209 Å². The summed E-state index contributed by atoms with van der Waals surface area (Å²) in [5, 5.41) is 5.34. The maximum atomic E-state index is 11.6. The highest BCUT2D eigenvalue weighted by atomic mass is 32.2. The molecule has 1 fully saturated rings. The molecule has 1 aliphatic heterocycles. The first-order chi connectivity index (χ1) is 16.9. The maximum absolute atomic E-state index is 11.6. The minimum absolute atomic E-state index is 0.520. The van der Waals surface area contributed by atoms with Crippen LogP contribution in [-0.2, 0) is 10.0 Å². The molecule has 0 spiro atoms. The molecule has 0 atom stereocenters. The zero-order chi connectivity index (χ0) is 24.4. The van der Waals surface area contributed by atoms with Gasteiger partial charge in [-0.2, -0.15) is 0 Å². The number of hydrogen-bond donors (Lipinski definition) is 2. The van der Waals surface area contributed by atoms with E-state index in [1.54, 1.807) is 17.4 Å². The van der Waals surface area contributed by atoms with Crippen LogP contribution in [0.1, 0.15) is 6.92 Å². The van der Waals surface area contributed by atoms with Gasteiger partial charge in [-0.3, -0.25) is 4.72 Å². The van der Waals surface area contributed by atoms with E-state index in [1.165, 1.54) is 5.69 Å². The topological polar surface area (TPSA) is 90.5 Å². The van der Waals surface area contributed by atoms with Gasteiger partial charge >= 0.3 is 0 Å². The maximum Gasteiger partial charge on any atom is 0.229 e. The second-order valence-electron chi connectivity index (χ2n) is 8.60. The number of nitrogens with zero attached hydrogens (tertiary/aromatic N) is 4. The summed E-state index contributed by atoms with van der Waals surface area (Å²) in [7, 11) is -3.35. The Kier molecular flexibility index (Phi) is 6.59. The van der Waals surface area contributed by atoms with E-state index in [2.05, 4.69) is 56.0 Å². The van der Waals surface area contributed by atoms with Gasteiger partial charge < -0.3 is 15.1 Å². The minimum Gasteiger partial charge on any atom is -0.369 e. The van der Waals surface area contributed by atoms with Crippen LogP contribution >= 0.6 is 11.3 Å². The van der Waals surface area contributed by atoms with E-state index in [0.29, 0.717) is 11.6 Å². The zero-order valence-corrected chi connectivity index (χ0v) is 21.4. The van der Waals surface area contributed by atoms with Gasteiger partial charge in [0.15, 0.2) is 0 Å². The number of anilines is 4. The highest BCUT2D eigenvalue weighted by Gasteiger charge is 2.16. The number of piperazine rings is 1. The summed E-state index contributed by atoms with van der Waals surface area (Å²) in [5.74, 6) is 0.520. The lowest BCUT2D eigenvalue weighted by Crippen LogP contribution is -2.46. The minimum atomic E-state index is -3.35. The van der Waals surface area contributed by atoms with Crippen LogP contribution in [0.15, 0.2) is 60.1 Å². The van der Waals surface area contributed by atoms with E-state index in [0.717, 1.165) is 66.0 Å². The third-order valence-corrected chi connectivity index (χ3v) is 7.61. The average molecular weight is 509 g/mol. The number of rotatable bonds is 7. The summed E-state index contributed by atoms with van der Waals surface area (Å²) < 4.78 is 26.7. The molecule has 35 heavy (non-hydrogen) atoms. The standard InChI is InChI=1S/C25H28N6O2S2/c1-3-30-11-13-31(14-12-30)21-9-7-19(8-10-21)27-25-26-16-23-24(28-25)22(17-34-23)18-5-4-6-20(15-18)29-35(2,32)33/h4-10,15-17,29H,3,11-14H2,1-2H3,(H,26,27,28). The molecule has 0 aliphatic carbocycles. The first-order valence-corrected chi connectivity index (χ1v) is 14.3. The van der Waals surface area contributed by atoms with Gasteiger partial charge in [0.2, 0.25) is 16.0 Å². The number of likely N-dealkylation sites (N-methyl/N-ethyl adjacent to an activating group) is 1. The van der Waals surface area contributed by atoms with E-state index in [9.17, 15) is 8.42 Å². The summed E-state index contributed by atoms with van der Waals surface area (Å²) in [6.07, 6.45) is 2.96. The Balaban J connectivity index is 1.34. The number of nitrogens with one attached hydrogen (secondary N) is 2. The third-order valence-electron chi connectivity index (χ3n) is 6.10. The normalized spacial score (nSPS) is 14.9. The molecule has 182 valence electrons. The molecule has 2 aromatic heterocycles. The predicted molar refractivity (Wildman–Crippen MR) is 145 cm³/mol. The van der Waals surface area contributed by atoms with Crippen molar-refractivity contribution in [2.75, 3.05) is 53.9 Å². The van der Waals surface area contributed by atoms with Crippen LogP contribution in [0.4, 0.5) is 23.0 Å². The lowest BCUT2D eigenvalue weighted by Gasteiger charge is -2.35. The quantitative estimate of drug-likeness (QED) is 0.377. The van der Waals surface area contributed by atoms with E-state index in [-0.39, 0.29) is 0 Å². The summed E-state index contributed by atoms with van der Waals surface area (Å²) in [6, 6.07) is 15.7. The van der Waals surface area contributed by atoms with E-state index in [1.807, 2.05) is 29.8 Å². The highest BCUT2D eigenvalue weighted by Crippen LogP contribution is 2.34. The molecular formula is C25H28N6O2S2. The van der Waals surface area contributed by atoms with Crippen LogP contribution < -0.4 is 14.9 Å². The fourth-order valence-corrected chi connectivity index (χ4v) is 5.69. The fraction of sp³-hybridized carbons (Fsp3) is 0.280. The van der Waals surface area contributed by atoms with Crippen LogP contribution in [-0.4, -0.2) is 62.3 Å². The van der Waals surface area contributed by atoms with E-state index >= 15 is 0 Å². The Hall–Kier alpha value is -3.21. The summed E-state index contributed by atoms with van der Waals surface area (Å²) >= 11 is 1.56. The SMILES string of the molecule is CCN1CCN(c2ccc(Nc3ncc4scc(-c5cccc(NS(C)(=O)=O)c5)c4n3)cc2)CC1. The van der Waals surface area contributed by atoms with Gasteiger partial charge in [0.25, 0.3) is 0 Å². The smallest absolute Gasteiger partial charge is 0.229 e. The van der Waals surface area contributed by atoms with Crippen molar-refractivity contribution in [1.29, 1.82) is 0 Å². The van der Waals surface area contributed by atoms with Gasteiger partial charge in [0.1, 0.15) is 0 Å². The molecule has 1 aliphatic rings. The summed E-state index contributed by atoms with van der Waals surface area (Å²) in [4.78, 5) is 14.1. The molecule has 0 radical (unpaired) electrons. The number of benzene rings is 2. The number of hydrogen-bond acceptors (Lipinski definition) is 8. The number of fused-ring (bicyclic) bond motifs is 1. The average Bonchev–Trinajstić information content (AvgIpc) is 3.27. The lowest BCUT2D eigenvalue weighted by atomic mass is 10.1. The van der Waals surface area contributed by atoms with Crippen LogP contribution in [0.3, 0.4) is 0 Å². The molecular weight excluding hydrogens is 480 g/mol. The van der Waals surface area contributed by atoms with Crippen molar-refractivity contribution in [2.24, 2.45) is 0 Å². The Morgan fingerprint density at radius 2 is 1.80 bits per heavy atom. The summed E-state index contributed by atoms with van der Waals surface area (Å²) in [5.41, 5.74) is 5.33. The van der Waals surface area contributed by atoms with Crippen molar-refractivity contribution in [2.45, 2.75) is 6.92 Å². The van der Waals surface area contributed by atoms with Crippen molar-refractivity contribution in [3.8, 4) is 11.1 Å². The zero-order valence-electron chi connectivity index (χ0n) is 19.7. The monoisotopic (exact) mass is 508 g/mol. The van der Waals surface area contributed by atoms with Crippen LogP contribution in [0.5, 0.6) is 0 Å². The van der Waals surface area contributed by atoms with Gasteiger partial charge in [-0.1, -0.05) is 19.1 Å². The van der Waals surface area contributed by atoms with Crippen molar-refractivity contribution >= 4 is 54.6 Å². The van der Waals surface area contributed by atoms with Crippen molar-refractivity contribution < 1.29 is 8.42 Å². The Morgan fingerprint density at radius 3 is 2.51 bits per heavy atom. The molecule has 1 saturated heterocycles. The lowest BCUT2D eigenvalue weighted by molar-refractivity contribution is 0.271. The number of sulfonamides is 1. The van der Waals surface area contributed by atoms with Gasteiger partial charge in [-0.25, -0.2) is 18.4 Å². The molecule has 0 amide bonds. The van der Waals surface area contributed by atoms with Crippen molar-refractivity contribution in [1.82, 2.24) is 14.9 Å². The Morgan fingerprint density at radius 1 is 1.03 bits per heavy atom. The molecule has 3 heterocycles. The van der Waals surface area contributed by atoms with E-state index < -0.39 is 10.0 Å². The van der Waals surface area contributed by atoms with Gasteiger partial charge in [-0.05, 0) is 48.5 Å². The molecule has 2 N–H and O–H groups in total. The predicted octanol–water partition coefficient (Wildman–Crippen LogP) is 4.62. The van der Waals surface area contributed by atoms with Crippen LogP contribution in [0.2, 0.25) is 0 Å². The van der Waals surface area contributed by atoms with Crippen LogP contribution in [0, 0.1) is 0 Å². The molecule has 2 aromatic carbocycles. The van der Waals surface area contributed by atoms with E-state index in [4.69, 9.17) is 4.98 Å². The van der Waals surface area contributed by atoms with Crippen molar-refractivity contribution in [3.05, 3.63) is 60.1 Å². The summed E-state index contributed by atoms with van der Waals surface area (Å²) in [6.45, 7) is 7.60. The largest absolute Gasteiger partial charge is 0.369 e. The first kappa shape index (κ1) is 23.5.